The van der Waals surface area contributed by atoms with Crippen LogP contribution in [-0.4, -0.2) is 23.2 Å². The molecule has 198 valence electrons. The molecule has 0 aliphatic rings. The summed E-state index contributed by atoms with van der Waals surface area (Å²) in [5, 5.41) is 7.70. The van der Waals surface area contributed by atoms with Gasteiger partial charge in [0.25, 0.3) is 0 Å². The van der Waals surface area contributed by atoms with Gasteiger partial charge in [0.05, 0.1) is 33.1 Å². The van der Waals surface area contributed by atoms with Crippen molar-refractivity contribution < 1.29 is 0 Å². The van der Waals surface area contributed by atoms with E-state index in [-0.39, 0.29) is 0 Å². The number of benzene rings is 7. The molecule has 0 saturated carbocycles. The molecule has 0 saturated heterocycles. The van der Waals surface area contributed by atoms with E-state index in [2.05, 4.69) is 141 Å². The van der Waals surface area contributed by atoms with Crippen molar-refractivity contribution in [2.24, 2.45) is 0 Å². The molecule has 4 heterocycles. The van der Waals surface area contributed by atoms with Crippen LogP contribution in [0.3, 0.4) is 0 Å². The second-order valence-electron chi connectivity index (χ2n) is 11.5. The molecule has 0 aliphatic heterocycles. The van der Waals surface area contributed by atoms with Crippen LogP contribution < -0.4 is 0 Å². The SMILES string of the molecule is c1ccc2c(c1)nc1n2c2cc(-c3ccc4c5ccccc5c5ccccc5c4c3)cc3c2n1c1nc2ccccc2n31. The molecule has 0 N–H and O–H groups in total. The fourth-order valence-corrected chi connectivity index (χ4v) is 7.52. The Morgan fingerprint density at radius 2 is 0.814 bits per heavy atom. The Kier molecular flexibility index (Phi) is 3.78. The molecular formula is C38H21N5. The molecule has 0 aliphatic carbocycles. The summed E-state index contributed by atoms with van der Waals surface area (Å²) >= 11 is 0. The average molecular weight is 548 g/mol. The maximum absolute atomic E-state index is 5.10. The van der Waals surface area contributed by atoms with E-state index in [1.54, 1.807) is 0 Å². The Bertz CT molecular complexity index is 2800. The van der Waals surface area contributed by atoms with Crippen LogP contribution in [0.15, 0.2) is 127 Å². The van der Waals surface area contributed by atoms with Gasteiger partial charge >= 0.3 is 0 Å². The summed E-state index contributed by atoms with van der Waals surface area (Å²) in [4.78, 5) is 10.2. The summed E-state index contributed by atoms with van der Waals surface area (Å²) in [6, 6.07) is 45.9. The van der Waals surface area contributed by atoms with Gasteiger partial charge in [0, 0.05) is 0 Å². The monoisotopic (exact) mass is 547 g/mol. The fraction of sp³-hybridized carbons (Fsp3) is 0. The first kappa shape index (κ1) is 21.8. The van der Waals surface area contributed by atoms with Gasteiger partial charge in [0.2, 0.25) is 11.6 Å². The van der Waals surface area contributed by atoms with Crippen molar-refractivity contribution in [3.05, 3.63) is 127 Å². The minimum atomic E-state index is 0.889. The van der Waals surface area contributed by atoms with Crippen LogP contribution >= 0.6 is 0 Å². The van der Waals surface area contributed by atoms with E-state index in [1.807, 2.05) is 0 Å². The van der Waals surface area contributed by atoms with Crippen molar-refractivity contribution in [2.45, 2.75) is 0 Å². The smallest absolute Gasteiger partial charge is 0.223 e. The van der Waals surface area contributed by atoms with Crippen molar-refractivity contribution in [2.75, 3.05) is 0 Å². The van der Waals surface area contributed by atoms with Gasteiger partial charge < -0.3 is 0 Å². The van der Waals surface area contributed by atoms with Gasteiger partial charge in [-0.3, -0.25) is 8.80 Å². The first-order valence-electron chi connectivity index (χ1n) is 14.6. The molecule has 11 aromatic rings. The summed E-state index contributed by atoms with van der Waals surface area (Å²) in [6.07, 6.45) is 0. The molecule has 7 aromatic carbocycles. The molecule has 0 atom stereocenters. The topological polar surface area (TPSA) is 39.0 Å². The van der Waals surface area contributed by atoms with Crippen molar-refractivity contribution in [1.82, 2.24) is 23.2 Å². The van der Waals surface area contributed by atoms with Gasteiger partial charge in [-0.05, 0) is 85.9 Å². The second kappa shape index (κ2) is 7.46. The standard InChI is InChI=1S/C38H21N5/c1-2-11-26-24(9-1)25-10-3-4-12-27(25)29-19-22(17-18-28(26)29)23-20-34-36-35(21-23)42-33-16-8-6-14-31(33)40-38(42)43(36)37-39-30-13-5-7-15-32(30)41(34)37/h1-21H. The molecule has 0 fully saturated rings. The van der Waals surface area contributed by atoms with Crippen molar-refractivity contribution in [1.29, 1.82) is 0 Å². The third kappa shape index (κ3) is 2.59. The molecule has 5 nitrogen and oxygen atoms in total. The third-order valence-electron chi connectivity index (χ3n) is 9.34. The molecule has 0 spiro atoms. The van der Waals surface area contributed by atoms with E-state index < -0.39 is 0 Å². The van der Waals surface area contributed by atoms with Gasteiger partial charge in [-0.25, -0.2) is 14.4 Å². The largest absolute Gasteiger partial charge is 0.276 e. The van der Waals surface area contributed by atoms with Crippen LogP contribution in [-0.2, 0) is 0 Å². The highest BCUT2D eigenvalue weighted by Crippen LogP contribution is 2.40. The summed E-state index contributed by atoms with van der Waals surface area (Å²) < 4.78 is 6.82. The minimum Gasteiger partial charge on any atom is -0.276 e. The number of para-hydroxylation sites is 4. The summed E-state index contributed by atoms with van der Waals surface area (Å²) in [5.74, 6) is 1.78. The third-order valence-corrected chi connectivity index (χ3v) is 9.34. The van der Waals surface area contributed by atoms with Gasteiger partial charge in [-0.15, -0.1) is 0 Å². The van der Waals surface area contributed by atoms with E-state index in [1.165, 1.54) is 43.4 Å². The van der Waals surface area contributed by atoms with E-state index in [0.717, 1.165) is 50.2 Å². The summed E-state index contributed by atoms with van der Waals surface area (Å²) in [5.41, 5.74) is 9.93. The number of rotatable bonds is 1. The Balaban J connectivity index is 1.32. The van der Waals surface area contributed by atoms with Crippen LogP contribution in [0.5, 0.6) is 0 Å². The van der Waals surface area contributed by atoms with Crippen LogP contribution in [0.25, 0.3) is 93.6 Å². The zero-order valence-corrected chi connectivity index (χ0v) is 22.9. The number of aromatic nitrogens is 5. The molecule has 0 radical (unpaired) electrons. The molecule has 0 amide bonds. The second-order valence-corrected chi connectivity index (χ2v) is 11.5. The highest BCUT2D eigenvalue weighted by Gasteiger charge is 2.24. The molecule has 5 heteroatoms. The molecule has 11 rings (SSSR count). The predicted molar refractivity (Wildman–Crippen MR) is 177 cm³/mol. The lowest BCUT2D eigenvalue weighted by Crippen LogP contribution is -1.89. The highest BCUT2D eigenvalue weighted by molar-refractivity contribution is 6.25. The Labute approximate surface area is 243 Å². The number of hydrogen-bond acceptors (Lipinski definition) is 2. The minimum absolute atomic E-state index is 0.889. The van der Waals surface area contributed by atoms with Crippen LogP contribution in [0.4, 0.5) is 0 Å². The number of fused-ring (bicyclic) bond motifs is 16. The molecule has 4 aromatic heterocycles. The number of hydrogen-bond donors (Lipinski definition) is 0. The zero-order valence-electron chi connectivity index (χ0n) is 22.9. The number of imidazole rings is 4. The van der Waals surface area contributed by atoms with Crippen molar-refractivity contribution in [3.8, 4) is 11.1 Å². The normalized spacial score (nSPS) is 12.7. The maximum atomic E-state index is 5.10. The average Bonchev–Trinajstić information content (AvgIpc) is 3.79. The molecule has 0 unspecified atom stereocenters. The van der Waals surface area contributed by atoms with E-state index in [0.29, 0.717) is 0 Å². The fourth-order valence-electron chi connectivity index (χ4n) is 7.52. The lowest BCUT2D eigenvalue weighted by molar-refractivity contribution is 1.15. The van der Waals surface area contributed by atoms with Gasteiger partial charge in [0.15, 0.2) is 0 Å². The molecule has 43 heavy (non-hydrogen) atoms. The van der Waals surface area contributed by atoms with Gasteiger partial charge in [-0.2, -0.15) is 0 Å². The Morgan fingerprint density at radius 3 is 1.37 bits per heavy atom. The Hall–Kier alpha value is -5.94. The molecular weight excluding hydrogens is 526 g/mol. The predicted octanol–water partition coefficient (Wildman–Crippen LogP) is 9.26. The Morgan fingerprint density at radius 1 is 0.349 bits per heavy atom. The lowest BCUT2D eigenvalue weighted by atomic mass is 9.92. The summed E-state index contributed by atoms with van der Waals surface area (Å²) in [7, 11) is 0. The maximum Gasteiger partial charge on any atom is 0.223 e. The number of nitrogens with zero attached hydrogens (tertiary/aromatic N) is 5. The van der Waals surface area contributed by atoms with E-state index in [4.69, 9.17) is 9.97 Å². The first-order valence-corrected chi connectivity index (χ1v) is 14.6. The van der Waals surface area contributed by atoms with E-state index >= 15 is 0 Å². The zero-order chi connectivity index (χ0) is 27.8. The highest BCUT2D eigenvalue weighted by atomic mass is 15.3. The van der Waals surface area contributed by atoms with Crippen molar-refractivity contribution >= 4 is 82.5 Å². The van der Waals surface area contributed by atoms with Crippen molar-refractivity contribution in [3.63, 3.8) is 0 Å². The van der Waals surface area contributed by atoms with Gasteiger partial charge in [-0.1, -0.05) is 84.9 Å². The summed E-state index contributed by atoms with van der Waals surface area (Å²) in [6.45, 7) is 0. The quantitative estimate of drug-likeness (QED) is 0.192. The van der Waals surface area contributed by atoms with Crippen LogP contribution in [0.1, 0.15) is 0 Å². The van der Waals surface area contributed by atoms with Gasteiger partial charge in [0.1, 0.15) is 5.52 Å². The van der Waals surface area contributed by atoms with E-state index in [9.17, 15) is 0 Å². The van der Waals surface area contributed by atoms with Crippen LogP contribution in [0, 0.1) is 0 Å². The van der Waals surface area contributed by atoms with Crippen LogP contribution in [0.2, 0.25) is 0 Å². The molecule has 0 bridgehead atoms. The lowest BCUT2D eigenvalue weighted by Gasteiger charge is -2.12. The first-order chi connectivity index (χ1) is 21.3.